The largest absolute Gasteiger partial charge is 0.478 e. The number of hydrogen-bond acceptors (Lipinski definition) is 5. The number of nitrogens with zero attached hydrogens (tertiary/aromatic N) is 1. The Bertz CT molecular complexity index is 1220. The lowest BCUT2D eigenvalue weighted by molar-refractivity contribution is 0.0692. The molecule has 0 saturated heterocycles. The van der Waals surface area contributed by atoms with Crippen molar-refractivity contribution in [2.24, 2.45) is 5.92 Å². The Morgan fingerprint density at radius 1 is 1.11 bits per heavy atom. The number of carboxylic acid groups (broad SMARTS) is 1. The predicted molar refractivity (Wildman–Crippen MR) is 147 cm³/mol. The second-order valence-corrected chi connectivity index (χ2v) is 11.8. The highest BCUT2D eigenvalue weighted by Crippen LogP contribution is 2.32. The van der Waals surface area contributed by atoms with Crippen molar-refractivity contribution in [1.82, 2.24) is 9.62 Å². The number of carbonyl (C=O) groups is 1. The Balaban J connectivity index is 1.28. The van der Waals surface area contributed by atoms with E-state index in [9.17, 15) is 19.4 Å². The Labute approximate surface area is 222 Å². The molecule has 3 aromatic carbocycles. The van der Waals surface area contributed by atoms with Crippen molar-refractivity contribution in [3.8, 4) is 11.1 Å². The van der Waals surface area contributed by atoms with Gasteiger partial charge in [0.05, 0.1) is 11.7 Å². The summed E-state index contributed by atoms with van der Waals surface area (Å²) in [5, 5.41) is 23.5. The van der Waals surface area contributed by atoms with E-state index in [0.717, 1.165) is 24.2 Å². The van der Waals surface area contributed by atoms with E-state index in [1.807, 2.05) is 29.6 Å². The summed E-state index contributed by atoms with van der Waals surface area (Å²) in [4.78, 5) is 12.2. The number of rotatable bonds is 11. The number of benzene rings is 3. The third kappa shape index (κ3) is 7.20. The summed E-state index contributed by atoms with van der Waals surface area (Å²) in [5.74, 6) is -1.41. The maximum atomic E-state index is 14.7. The highest BCUT2D eigenvalue weighted by atomic mass is 32.2. The fraction of sp³-hybridized carbons (Fsp3) is 0.367. The van der Waals surface area contributed by atoms with Crippen molar-refractivity contribution < 1.29 is 19.4 Å². The summed E-state index contributed by atoms with van der Waals surface area (Å²) in [5.41, 5.74) is 3.36. The maximum absolute atomic E-state index is 14.7. The first-order valence-corrected chi connectivity index (χ1v) is 13.4. The highest BCUT2D eigenvalue weighted by Gasteiger charge is 2.28. The molecule has 5 nitrogen and oxygen atoms in total. The van der Waals surface area contributed by atoms with Gasteiger partial charge in [-0.15, -0.1) is 0 Å². The molecule has 196 valence electrons. The molecule has 0 fully saturated rings. The van der Waals surface area contributed by atoms with Crippen molar-refractivity contribution in [3.63, 3.8) is 0 Å². The van der Waals surface area contributed by atoms with Gasteiger partial charge in [0.15, 0.2) is 0 Å². The molecule has 0 aromatic heterocycles. The SMILES string of the molecule is CN(C[C@H](O)CNC(C)(C)CC1Cc2ccccc2C1)Sc1cccc(-c2cccc(C(=O)O)c2F)c1. The monoisotopic (exact) mass is 522 g/mol. The zero-order valence-electron chi connectivity index (χ0n) is 21.6. The number of β-amino-alcohol motifs (C(OH)–C–C–N with tert-alkyl or cyclic N) is 1. The second kappa shape index (κ2) is 11.8. The van der Waals surface area contributed by atoms with E-state index in [1.165, 1.54) is 29.1 Å². The molecule has 4 rings (SSSR count). The fourth-order valence-corrected chi connectivity index (χ4v) is 6.13. The third-order valence-corrected chi connectivity index (χ3v) is 7.78. The van der Waals surface area contributed by atoms with Gasteiger partial charge in [-0.2, -0.15) is 0 Å². The number of hydrogen-bond donors (Lipinski definition) is 3. The van der Waals surface area contributed by atoms with Crippen molar-refractivity contribution in [2.75, 3.05) is 20.1 Å². The minimum atomic E-state index is -1.29. The summed E-state index contributed by atoms with van der Waals surface area (Å²) in [6.07, 6.45) is 2.73. The Morgan fingerprint density at radius 3 is 2.46 bits per heavy atom. The molecule has 0 aliphatic heterocycles. The molecule has 1 aliphatic carbocycles. The van der Waals surface area contributed by atoms with E-state index in [1.54, 1.807) is 18.2 Å². The molecule has 1 aliphatic rings. The topological polar surface area (TPSA) is 72.8 Å². The van der Waals surface area contributed by atoms with Gasteiger partial charge >= 0.3 is 5.97 Å². The van der Waals surface area contributed by atoms with Crippen LogP contribution in [0.5, 0.6) is 0 Å². The summed E-state index contributed by atoms with van der Waals surface area (Å²) < 4.78 is 16.7. The molecular formula is C30H35FN2O3S. The molecule has 0 amide bonds. The second-order valence-electron chi connectivity index (χ2n) is 10.6. The lowest BCUT2D eigenvalue weighted by atomic mass is 9.88. The fourth-order valence-electron chi connectivity index (χ4n) is 5.20. The van der Waals surface area contributed by atoms with Gasteiger partial charge in [-0.25, -0.2) is 13.5 Å². The first-order valence-electron chi connectivity index (χ1n) is 12.6. The number of aliphatic hydroxyl groups excluding tert-OH is 1. The van der Waals surface area contributed by atoms with Crippen LogP contribution in [0.15, 0.2) is 71.6 Å². The van der Waals surface area contributed by atoms with E-state index in [0.29, 0.717) is 24.6 Å². The summed E-state index contributed by atoms with van der Waals surface area (Å²) in [6.45, 7) is 5.34. The van der Waals surface area contributed by atoms with E-state index < -0.39 is 17.9 Å². The summed E-state index contributed by atoms with van der Waals surface area (Å²) in [6, 6.07) is 20.4. The number of fused-ring (bicyclic) bond motifs is 1. The molecule has 0 heterocycles. The lowest BCUT2D eigenvalue weighted by Crippen LogP contribution is -2.46. The maximum Gasteiger partial charge on any atom is 0.338 e. The standard InChI is InChI=1S/C30H35FN2O3S/c1-30(2,17-20-14-21-8-4-5-9-22(21)15-20)32-18-24(34)19-33(3)37-25-11-6-10-23(16-25)26-12-7-13-27(28(26)31)29(35)36/h4-13,16,20,24,32,34H,14-15,17-19H2,1-3H3,(H,35,36)/t24-/m1/s1. The smallest absolute Gasteiger partial charge is 0.338 e. The zero-order chi connectivity index (χ0) is 26.6. The van der Waals surface area contributed by atoms with Crippen LogP contribution in [0.1, 0.15) is 41.8 Å². The van der Waals surface area contributed by atoms with E-state index in [-0.39, 0.29) is 16.7 Å². The van der Waals surface area contributed by atoms with Crippen LogP contribution in [0.2, 0.25) is 0 Å². The zero-order valence-corrected chi connectivity index (χ0v) is 22.4. The van der Waals surface area contributed by atoms with Crippen LogP contribution >= 0.6 is 11.9 Å². The van der Waals surface area contributed by atoms with Crippen LogP contribution < -0.4 is 5.32 Å². The molecule has 0 unspecified atom stereocenters. The van der Waals surface area contributed by atoms with E-state index in [4.69, 9.17) is 0 Å². The predicted octanol–water partition coefficient (Wildman–Crippen LogP) is 5.66. The molecule has 3 N–H and O–H groups in total. The lowest BCUT2D eigenvalue weighted by Gasteiger charge is -2.31. The van der Waals surface area contributed by atoms with Crippen LogP contribution in [0, 0.1) is 11.7 Å². The molecule has 0 radical (unpaired) electrons. The number of aromatic carboxylic acids is 1. The first kappa shape index (κ1) is 27.3. The molecular weight excluding hydrogens is 487 g/mol. The van der Waals surface area contributed by atoms with Gasteiger partial charge in [0.25, 0.3) is 0 Å². The molecule has 0 bridgehead atoms. The number of likely N-dealkylation sites (N-methyl/N-ethyl adjacent to an activating group) is 1. The van der Waals surface area contributed by atoms with Gasteiger partial charge in [0.1, 0.15) is 5.82 Å². The van der Waals surface area contributed by atoms with Crippen molar-refractivity contribution in [3.05, 3.63) is 89.2 Å². The highest BCUT2D eigenvalue weighted by molar-refractivity contribution is 7.97. The van der Waals surface area contributed by atoms with Crippen LogP contribution in [0.4, 0.5) is 4.39 Å². The average molecular weight is 523 g/mol. The van der Waals surface area contributed by atoms with Crippen molar-refractivity contribution in [1.29, 1.82) is 0 Å². The molecule has 37 heavy (non-hydrogen) atoms. The quantitative estimate of drug-likeness (QED) is 0.282. The van der Waals surface area contributed by atoms with Gasteiger partial charge < -0.3 is 15.5 Å². The van der Waals surface area contributed by atoms with E-state index in [2.05, 4.69) is 43.4 Å². The average Bonchev–Trinajstić information content (AvgIpc) is 3.24. The van der Waals surface area contributed by atoms with Crippen LogP contribution in [0.3, 0.4) is 0 Å². The van der Waals surface area contributed by atoms with Crippen molar-refractivity contribution in [2.45, 2.75) is 49.6 Å². The molecule has 3 aromatic rings. The number of halogens is 1. The van der Waals surface area contributed by atoms with Gasteiger partial charge in [-0.3, -0.25) is 0 Å². The molecule has 0 saturated carbocycles. The number of carboxylic acids is 1. The van der Waals surface area contributed by atoms with Gasteiger partial charge in [0.2, 0.25) is 0 Å². The summed E-state index contributed by atoms with van der Waals surface area (Å²) in [7, 11) is 1.91. The minimum absolute atomic E-state index is 0.0811. The summed E-state index contributed by atoms with van der Waals surface area (Å²) >= 11 is 1.46. The Kier molecular flexibility index (Phi) is 8.70. The first-order chi connectivity index (χ1) is 17.6. The minimum Gasteiger partial charge on any atom is -0.478 e. The molecule has 0 spiro atoms. The number of nitrogens with one attached hydrogen (secondary N) is 1. The van der Waals surface area contributed by atoms with Crippen molar-refractivity contribution >= 4 is 17.9 Å². The normalized spacial score (nSPS) is 14.6. The van der Waals surface area contributed by atoms with Crippen LogP contribution in [0.25, 0.3) is 11.1 Å². The Morgan fingerprint density at radius 2 is 1.78 bits per heavy atom. The molecule has 1 atom stereocenters. The van der Waals surface area contributed by atoms with Crippen LogP contribution in [-0.2, 0) is 12.8 Å². The van der Waals surface area contributed by atoms with Crippen LogP contribution in [-0.4, -0.2) is 52.3 Å². The van der Waals surface area contributed by atoms with Gasteiger partial charge in [-0.05, 0) is 92.9 Å². The third-order valence-electron chi connectivity index (χ3n) is 6.85. The van der Waals surface area contributed by atoms with Gasteiger partial charge in [0, 0.05) is 29.1 Å². The number of aliphatic hydroxyl groups is 1. The van der Waals surface area contributed by atoms with Gasteiger partial charge in [-0.1, -0.05) is 48.5 Å². The molecule has 7 heteroatoms. The van der Waals surface area contributed by atoms with E-state index >= 15 is 0 Å². The Hall–Kier alpha value is -2.71.